The minimum atomic E-state index is 0.837. The summed E-state index contributed by atoms with van der Waals surface area (Å²) < 4.78 is 0. The summed E-state index contributed by atoms with van der Waals surface area (Å²) >= 11 is 1.92. The molecule has 3 nitrogen and oxygen atoms in total. The van der Waals surface area contributed by atoms with Crippen molar-refractivity contribution < 1.29 is 0 Å². The maximum Gasteiger partial charge on any atom is 0.166 e. The molecule has 2 aliphatic rings. The number of hydrogen-bond acceptors (Lipinski definition) is 3. The molecule has 0 radical (unpaired) electrons. The predicted molar refractivity (Wildman–Crippen MR) is 88.8 cm³/mol. The topological polar surface area (TPSA) is 31.9 Å². The maximum absolute atomic E-state index is 4.69. The fourth-order valence-corrected chi connectivity index (χ4v) is 5.06. The van der Waals surface area contributed by atoms with Crippen LogP contribution in [0.3, 0.4) is 0 Å². The van der Waals surface area contributed by atoms with Crippen LogP contribution in [0.5, 0.6) is 0 Å². The van der Waals surface area contributed by atoms with Gasteiger partial charge in [0.2, 0.25) is 0 Å². The number of rotatable bonds is 3. The van der Waals surface area contributed by atoms with Crippen molar-refractivity contribution in [3.8, 4) is 0 Å². The molecule has 2 fully saturated rings. The van der Waals surface area contributed by atoms with E-state index in [1.165, 1.54) is 50.9 Å². The quantitative estimate of drug-likeness (QED) is 0.872. The highest BCUT2D eigenvalue weighted by atomic mass is 32.2. The molecule has 2 aromatic rings. The van der Waals surface area contributed by atoms with Crippen molar-refractivity contribution in [2.24, 2.45) is 5.92 Å². The second-order valence-corrected chi connectivity index (χ2v) is 7.38. The van der Waals surface area contributed by atoms with Crippen molar-refractivity contribution in [3.05, 3.63) is 24.3 Å². The van der Waals surface area contributed by atoms with Crippen LogP contribution < -0.4 is 0 Å². The average molecular weight is 301 g/mol. The third-order valence-electron chi connectivity index (χ3n) is 5.03. The molecule has 1 N–H and O–H groups in total. The lowest BCUT2D eigenvalue weighted by molar-refractivity contribution is 0.0693. The van der Waals surface area contributed by atoms with Crippen LogP contribution in [0.25, 0.3) is 11.0 Å². The Balaban J connectivity index is 1.43. The van der Waals surface area contributed by atoms with E-state index in [0.29, 0.717) is 0 Å². The van der Waals surface area contributed by atoms with E-state index in [4.69, 9.17) is 4.98 Å². The largest absolute Gasteiger partial charge is 0.333 e. The summed E-state index contributed by atoms with van der Waals surface area (Å²) in [5.74, 6) is 2.05. The molecule has 0 saturated carbocycles. The smallest absolute Gasteiger partial charge is 0.166 e. The van der Waals surface area contributed by atoms with Gasteiger partial charge in [0.25, 0.3) is 0 Å². The molecule has 0 unspecified atom stereocenters. The number of aromatic nitrogens is 2. The maximum atomic E-state index is 4.69. The van der Waals surface area contributed by atoms with Crippen LogP contribution >= 0.6 is 11.8 Å². The molecule has 0 spiro atoms. The van der Waals surface area contributed by atoms with Gasteiger partial charge in [-0.25, -0.2) is 4.98 Å². The van der Waals surface area contributed by atoms with E-state index in [-0.39, 0.29) is 0 Å². The van der Waals surface area contributed by atoms with Gasteiger partial charge in [-0.2, -0.15) is 0 Å². The number of piperidine rings is 2. The molecule has 3 heterocycles. The normalized spacial score (nSPS) is 26.9. The van der Waals surface area contributed by atoms with Gasteiger partial charge in [0.05, 0.1) is 11.0 Å². The van der Waals surface area contributed by atoms with E-state index in [2.05, 4.69) is 34.1 Å². The first-order chi connectivity index (χ1) is 10.4. The molecule has 0 bridgehead atoms. The molecule has 4 heteroatoms. The van der Waals surface area contributed by atoms with Crippen molar-refractivity contribution in [3.63, 3.8) is 0 Å². The Hall–Kier alpha value is -1.00. The van der Waals surface area contributed by atoms with E-state index < -0.39 is 0 Å². The zero-order valence-corrected chi connectivity index (χ0v) is 13.2. The zero-order chi connectivity index (χ0) is 14.1. The van der Waals surface area contributed by atoms with Gasteiger partial charge in [0.15, 0.2) is 5.16 Å². The van der Waals surface area contributed by atoms with E-state index in [9.17, 15) is 0 Å². The average Bonchev–Trinajstić information content (AvgIpc) is 2.96. The number of hydrogen-bond donors (Lipinski definition) is 1. The number of benzene rings is 1. The minimum Gasteiger partial charge on any atom is -0.333 e. The van der Waals surface area contributed by atoms with Gasteiger partial charge in [0, 0.05) is 11.8 Å². The fraction of sp³-hybridized carbons (Fsp3) is 0.588. The third kappa shape index (κ3) is 2.84. The summed E-state index contributed by atoms with van der Waals surface area (Å²) in [4.78, 5) is 10.9. The van der Waals surface area contributed by atoms with Crippen LogP contribution in [0.1, 0.15) is 32.1 Å². The van der Waals surface area contributed by atoms with E-state index in [0.717, 1.165) is 28.1 Å². The number of nitrogens with zero attached hydrogens (tertiary/aromatic N) is 2. The number of fused-ring (bicyclic) bond motifs is 2. The van der Waals surface area contributed by atoms with Gasteiger partial charge in [-0.3, -0.25) is 0 Å². The molecule has 2 atom stereocenters. The Labute approximate surface area is 130 Å². The Morgan fingerprint density at radius 1 is 1.14 bits per heavy atom. The molecule has 2 saturated heterocycles. The first-order valence-electron chi connectivity index (χ1n) is 8.22. The highest BCUT2D eigenvalue weighted by Gasteiger charge is 2.32. The fourth-order valence-electron chi connectivity index (χ4n) is 3.96. The Bertz CT molecular complexity index is 574. The number of aromatic amines is 1. The second-order valence-electron chi connectivity index (χ2n) is 6.37. The van der Waals surface area contributed by atoms with Crippen LogP contribution in [0, 0.1) is 5.92 Å². The van der Waals surface area contributed by atoms with Crippen LogP contribution in [0.4, 0.5) is 0 Å². The highest BCUT2D eigenvalue weighted by Crippen LogP contribution is 2.34. The number of imidazole rings is 1. The monoisotopic (exact) mass is 301 g/mol. The predicted octanol–water partition coefficient (Wildman–Crippen LogP) is 3.92. The Morgan fingerprint density at radius 2 is 2.05 bits per heavy atom. The first kappa shape index (κ1) is 13.6. The summed E-state index contributed by atoms with van der Waals surface area (Å²) in [6.45, 7) is 2.66. The van der Waals surface area contributed by atoms with Gasteiger partial charge in [-0.1, -0.05) is 30.3 Å². The molecule has 112 valence electrons. The lowest BCUT2D eigenvalue weighted by atomic mass is 9.85. The molecule has 21 heavy (non-hydrogen) atoms. The number of nitrogens with one attached hydrogen (secondary N) is 1. The van der Waals surface area contributed by atoms with Crippen molar-refractivity contribution in [2.75, 3.05) is 18.8 Å². The number of H-pyrrole nitrogens is 1. The minimum absolute atomic E-state index is 0.837. The molecule has 1 aromatic heterocycles. The van der Waals surface area contributed by atoms with Crippen molar-refractivity contribution in [1.29, 1.82) is 0 Å². The van der Waals surface area contributed by atoms with Crippen molar-refractivity contribution in [2.45, 2.75) is 43.3 Å². The Morgan fingerprint density at radius 3 is 3.00 bits per heavy atom. The summed E-state index contributed by atoms with van der Waals surface area (Å²) in [5, 5.41) is 1.09. The van der Waals surface area contributed by atoms with Crippen LogP contribution in [-0.4, -0.2) is 39.8 Å². The lowest BCUT2D eigenvalue weighted by Gasteiger charge is -2.44. The standard InChI is InChI=1S/C17H23N3S/c1-2-8-15-14(7-1)18-17(19-15)21-12-13-6-5-11-20-10-4-3-9-16(13)20/h1-2,7-8,13,16H,3-6,9-12H2,(H,18,19)/t13-,16+/m0/s1. The summed E-state index contributed by atoms with van der Waals surface area (Å²) in [7, 11) is 0. The molecule has 2 aliphatic heterocycles. The van der Waals surface area contributed by atoms with E-state index >= 15 is 0 Å². The van der Waals surface area contributed by atoms with E-state index in [1.54, 1.807) is 0 Å². The molecule has 1 aromatic carbocycles. The SMILES string of the molecule is c1ccc2[nH]c(SC[C@@H]3CCCN4CCCC[C@H]34)nc2c1. The van der Waals surface area contributed by atoms with Crippen LogP contribution in [-0.2, 0) is 0 Å². The third-order valence-corrected chi connectivity index (χ3v) is 6.09. The van der Waals surface area contributed by atoms with Crippen molar-refractivity contribution >= 4 is 22.8 Å². The summed E-state index contributed by atoms with van der Waals surface area (Å²) in [6, 6.07) is 9.15. The van der Waals surface area contributed by atoms with Gasteiger partial charge in [0.1, 0.15) is 0 Å². The van der Waals surface area contributed by atoms with Gasteiger partial charge >= 0.3 is 0 Å². The van der Waals surface area contributed by atoms with E-state index in [1.807, 2.05) is 11.8 Å². The van der Waals surface area contributed by atoms with Crippen molar-refractivity contribution in [1.82, 2.24) is 14.9 Å². The van der Waals surface area contributed by atoms with Gasteiger partial charge in [-0.05, 0) is 56.8 Å². The lowest BCUT2D eigenvalue weighted by Crippen LogP contribution is -2.48. The number of thioether (sulfide) groups is 1. The molecular weight excluding hydrogens is 278 g/mol. The zero-order valence-electron chi connectivity index (χ0n) is 12.4. The molecule has 0 aliphatic carbocycles. The van der Waals surface area contributed by atoms with Crippen LogP contribution in [0.2, 0.25) is 0 Å². The molecule has 0 amide bonds. The van der Waals surface area contributed by atoms with Gasteiger partial charge in [-0.15, -0.1) is 0 Å². The first-order valence-corrected chi connectivity index (χ1v) is 9.20. The summed E-state index contributed by atoms with van der Waals surface area (Å²) in [6.07, 6.45) is 7.01. The molecular formula is C17H23N3S. The second kappa shape index (κ2) is 6.01. The molecule has 4 rings (SSSR count). The summed E-state index contributed by atoms with van der Waals surface area (Å²) in [5.41, 5.74) is 2.24. The Kier molecular flexibility index (Phi) is 3.91. The highest BCUT2D eigenvalue weighted by molar-refractivity contribution is 7.99. The van der Waals surface area contributed by atoms with Gasteiger partial charge < -0.3 is 9.88 Å². The van der Waals surface area contributed by atoms with Crippen LogP contribution in [0.15, 0.2) is 29.4 Å². The number of para-hydroxylation sites is 2.